The standard InChI is InChI=1S/C17H16O2Si/c20-19-17-11-4-3-10-16(17)18-12-14-8-5-7-13-6-1-2-9-15(13)14/h1-11H,12H2,20H3. The molecule has 0 atom stereocenters. The van der Waals surface area contributed by atoms with E-state index in [2.05, 4.69) is 42.5 Å². The highest BCUT2D eigenvalue weighted by atomic mass is 28.2. The van der Waals surface area contributed by atoms with Gasteiger partial charge in [-0.1, -0.05) is 54.6 Å². The van der Waals surface area contributed by atoms with Crippen LogP contribution in [0.25, 0.3) is 10.8 Å². The molecule has 2 nitrogen and oxygen atoms in total. The minimum absolute atomic E-state index is 0.545. The van der Waals surface area contributed by atoms with E-state index in [1.165, 1.54) is 16.3 Å². The largest absolute Gasteiger partial charge is 0.551 e. The quantitative estimate of drug-likeness (QED) is 0.684. The molecule has 0 N–H and O–H groups in total. The van der Waals surface area contributed by atoms with Crippen LogP contribution in [0.15, 0.2) is 66.7 Å². The Kier molecular flexibility index (Phi) is 3.70. The molecule has 100 valence electrons. The van der Waals surface area contributed by atoms with E-state index >= 15 is 0 Å². The zero-order valence-electron chi connectivity index (χ0n) is 11.4. The predicted molar refractivity (Wildman–Crippen MR) is 85.3 cm³/mol. The number of rotatable bonds is 4. The highest BCUT2D eigenvalue weighted by Crippen LogP contribution is 2.27. The van der Waals surface area contributed by atoms with Crippen LogP contribution in [0.2, 0.25) is 0 Å². The van der Waals surface area contributed by atoms with E-state index in [1.807, 2.05) is 24.3 Å². The Labute approximate surface area is 121 Å². The third-order valence-electron chi connectivity index (χ3n) is 3.33. The zero-order chi connectivity index (χ0) is 13.8. The van der Waals surface area contributed by atoms with Crippen LogP contribution in [0.1, 0.15) is 5.56 Å². The molecular formula is C17H16O2Si. The molecular weight excluding hydrogens is 264 g/mol. The Hall–Kier alpha value is -2.26. The third-order valence-corrected chi connectivity index (χ3v) is 3.77. The summed E-state index contributed by atoms with van der Waals surface area (Å²) in [7, 11) is 0.659. The van der Waals surface area contributed by atoms with Crippen molar-refractivity contribution < 1.29 is 9.16 Å². The van der Waals surface area contributed by atoms with Gasteiger partial charge in [0.1, 0.15) is 12.4 Å². The summed E-state index contributed by atoms with van der Waals surface area (Å²) in [5.74, 6) is 1.62. The molecule has 0 unspecified atom stereocenters. The number of benzene rings is 3. The van der Waals surface area contributed by atoms with Gasteiger partial charge in [-0.25, -0.2) is 0 Å². The highest BCUT2D eigenvalue weighted by Gasteiger charge is 2.04. The second kappa shape index (κ2) is 5.80. The number of hydrogen-bond acceptors (Lipinski definition) is 2. The topological polar surface area (TPSA) is 18.5 Å². The summed E-state index contributed by atoms with van der Waals surface area (Å²) in [6.45, 7) is 0.545. The minimum atomic E-state index is 0.545. The van der Waals surface area contributed by atoms with Gasteiger partial charge in [-0.2, -0.15) is 0 Å². The fourth-order valence-corrected chi connectivity index (χ4v) is 2.65. The zero-order valence-corrected chi connectivity index (χ0v) is 13.4. The molecule has 3 heteroatoms. The maximum absolute atomic E-state index is 5.92. The summed E-state index contributed by atoms with van der Waals surface area (Å²) >= 11 is 0. The van der Waals surface area contributed by atoms with E-state index in [-0.39, 0.29) is 0 Å². The van der Waals surface area contributed by atoms with Crippen LogP contribution in [0.3, 0.4) is 0 Å². The normalized spacial score (nSPS) is 10.6. The second-order valence-electron chi connectivity index (χ2n) is 4.58. The molecule has 0 amide bonds. The van der Waals surface area contributed by atoms with Crippen molar-refractivity contribution in [1.29, 1.82) is 0 Å². The molecule has 3 aromatic carbocycles. The van der Waals surface area contributed by atoms with E-state index in [1.54, 1.807) is 0 Å². The monoisotopic (exact) mass is 280 g/mol. The molecule has 0 spiro atoms. The van der Waals surface area contributed by atoms with E-state index < -0.39 is 0 Å². The lowest BCUT2D eigenvalue weighted by molar-refractivity contribution is 0.299. The van der Waals surface area contributed by atoms with Gasteiger partial charge in [0, 0.05) is 0 Å². The Bertz CT molecular complexity index is 720. The molecule has 0 saturated carbocycles. The summed E-state index contributed by atoms with van der Waals surface area (Å²) in [5.41, 5.74) is 1.19. The molecule has 3 rings (SSSR count). The van der Waals surface area contributed by atoms with Crippen molar-refractivity contribution in [3.63, 3.8) is 0 Å². The average Bonchev–Trinajstić information content (AvgIpc) is 2.53. The van der Waals surface area contributed by atoms with E-state index in [0.29, 0.717) is 17.1 Å². The van der Waals surface area contributed by atoms with Crippen LogP contribution < -0.4 is 9.16 Å². The third kappa shape index (κ3) is 2.53. The molecule has 0 heterocycles. The first-order valence-electron chi connectivity index (χ1n) is 6.61. The second-order valence-corrected chi connectivity index (χ2v) is 4.99. The van der Waals surface area contributed by atoms with E-state index in [4.69, 9.17) is 9.16 Å². The van der Waals surface area contributed by atoms with Gasteiger partial charge in [0.05, 0.1) is 0 Å². The Morgan fingerprint density at radius 3 is 2.30 bits per heavy atom. The van der Waals surface area contributed by atoms with Crippen molar-refractivity contribution in [2.45, 2.75) is 6.61 Å². The van der Waals surface area contributed by atoms with Gasteiger partial charge in [0.2, 0.25) is 10.5 Å². The van der Waals surface area contributed by atoms with Crippen LogP contribution in [0.5, 0.6) is 11.5 Å². The first kappa shape index (κ1) is 12.8. The van der Waals surface area contributed by atoms with Crippen LogP contribution in [0, 0.1) is 0 Å². The number of fused-ring (bicyclic) bond motifs is 1. The predicted octanol–water partition coefficient (Wildman–Crippen LogP) is 3.08. The van der Waals surface area contributed by atoms with Gasteiger partial charge in [-0.3, -0.25) is 0 Å². The SMILES string of the molecule is [SiH3]Oc1ccccc1OCc1cccc2ccccc12. The first-order valence-corrected chi connectivity index (χ1v) is 7.42. The Morgan fingerprint density at radius 2 is 1.45 bits per heavy atom. The van der Waals surface area contributed by atoms with Crippen molar-refractivity contribution in [3.05, 3.63) is 72.3 Å². The number of ether oxygens (including phenoxy) is 1. The van der Waals surface area contributed by atoms with Gasteiger partial charge >= 0.3 is 0 Å². The maximum atomic E-state index is 5.92. The Morgan fingerprint density at radius 1 is 0.750 bits per heavy atom. The highest BCUT2D eigenvalue weighted by molar-refractivity contribution is 6.00. The van der Waals surface area contributed by atoms with Crippen molar-refractivity contribution in [2.75, 3.05) is 0 Å². The molecule has 0 aliphatic rings. The van der Waals surface area contributed by atoms with Crippen molar-refractivity contribution in [2.24, 2.45) is 0 Å². The van der Waals surface area contributed by atoms with Crippen molar-refractivity contribution >= 4 is 21.3 Å². The van der Waals surface area contributed by atoms with Crippen LogP contribution in [-0.4, -0.2) is 10.5 Å². The van der Waals surface area contributed by atoms with Gasteiger partial charge in [0.15, 0.2) is 5.75 Å². The Balaban J connectivity index is 1.87. The summed E-state index contributed by atoms with van der Waals surface area (Å²) in [5, 5.41) is 2.47. The summed E-state index contributed by atoms with van der Waals surface area (Å²) in [4.78, 5) is 0. The van der Waals surface area contributed by atoms with Crippen LogP contribution in [0.4, 0.5) is 0 Å². The molecule has 0 bridgehead atoms. The minimum Gasteiger partial charge on any atom is -0.551 e. The molecule has 0 aromatic heterocycles. The van der Waals surface area contributed by atoms with Gasteiger partial charge < -0.3 is 9.16 Å². The van der Waals surface area contributed by atoms with Crippen molar-refractivity contribution in [3.8, 4) is 11.5 Å². The summed E-state index contributed by atoms with van der Waals surface area (Å²) in [6.07, 6.45) is 0. The van der Waals surface area contributed by atoms with Crippen molar-refractivity contribution in [1.82, 2.24) is 0 Å². The molecule has 0 aliphatic carbocycles. The fraction of sp³-hybridized carbons (Fsp3) is 0.0588. The number of hydrogen-bond donors (Lipinski definition) is 0. The molecule has 0 radical (unpaired) electrons. The van der Waals surface area contributed by atoms with Gasteiger partial charge in [0.25, 0.3) is 0 Å². The molecule has 0 aliphatic heterocycles. The smallest absolute Gasteiger partial charge is 0.204 e. The fourth-order valence-electron chi connectivity index (χ4n) is 2.31. The average molecular weight is 280 g/mol. The van der Waals surface area contributed by atoms with Crippen LogP contribution >= 0.6 is 0 Å². The summed E-state index contributed by atoms with van der Waals surface area (Å²) < 4.78 is 11.4. The van der Waals surface area contributed by atoms with E-state index in [0.717, 1.165) is 11.5 Å². The molecule has 20 heavy (non-hydrogen) atoms. The summed E-state index contributed by atoms with van der Waals surface area (Å²) in [6, 6.07) is 22.4. The number of para-hydroxylation sites is 2. The molecule has 0 fully saturated rings. The lowest BCUT2D eigenvalue weighted by Gasteiger charge is -2.12. The lowest BCUT2D eigenvalue weighted by atomic mass is 10.1. The van der Waals surface area contributed by atoms with Gasteiger partial charge in [-0.05, 0) is 28.5 Å². The molecule has 3 aromatic rings. The van der Waals surface area contributed by atoms with Crippen LogP contribution in [-0.2, 0) is 6.61 Å². The van der Waals surface area contributed by atoms with Gasteiger partial charge in [-0.15, -0.1) is 0 Å². The van der Waals surface area contributed by atoms with E-state index in [9.17, 15) is 0 Å². The maximum Gasteiger partial charge on any atom is 0.204 e. The molecule has 0 saturated heterocycles. The lowest BCUT2D eigenvalue weighted by Crippen LogP contribution is -1.98. The first-order chi connectivity index (χ1) is 9.88.